The Bertz CT molecular complexity index is 861. The van der Waals surface area contributed by atoms with Crippen LogP contribution in [-0.2, 0) is 6.54 Å². The van der Waals surface area contributed by atoms with Crippen molar-refractivity contribution in [1.29, 1.82) is 0 Å². The first-order valence-corrected chi connectivity index (χ1v) is 8.31. The number of amides is 1. The molecule has 0 aliphatic carbocycles. The second-order valence-corrected chi connectivity index (χ2v) is 6.11. The van der Waals surface area contributed by atoms with Crippen molar-refractivity contribution in [3.05, 3.63) is 88.7 Å². The molecule has 2 N–H and O–H groups in total. The number of halogens is 1. The van der Waals surface area contributed by atoms with Gasteiger partial charge in [0.05, 0.1) is 11.9 Å². The first-order valence-electron chi connectivity index (χ1n) is 7.93. The van der Waals surface area contributed by atoms with E-state index in [0.29, 0.717) is 17.3 Å². The fourth-order valence-electron chi connectivity index (χ4n) is 2.38. The molecule has 0 saturated carbocycles. The largest absolute Gasteiger partial charge is 0.354 e. The smallest absolute Gasteiger partial charge is 0.270 e. The summed E-state index contributed by atoms with van der Waals surface area (Å²) in [6, 6.07) is 18.9. The summed E-state index contributed by atoms with van der Waals surface area (Å²) in [5.41, 5.74) is 4.34. The van der Waals surface area contributed by atoms with E-state index in [2.05, 4.69) is 15.6 Å². The third kappa shape index (κ3) is 4.58. The number of nitrogens with zero attached hydrogens (tertiary/aromatic N) is 1. The Morgan fingerprint density at radius 1 is 1.00 bits per heavy atom. The second-order valence-electron chi connectivity index (χ2n) is 5.67. The number of aryl methyl sites for hydroxylation is 1. The highest BCUT2D eigenvalue weighted by Crippen LogP contribution is 2.18. The van der Waals surface area contributed by atoms with E-state index in [-0.39, 0.29) is 5.91 Å². The molecule has 25 heavy (non-hydrogen) atoms. The number of hydrogen-bond acceptors (Lipinski definition) is 3. The van der Waals surface area contributed by atoms with Crippen molar-refractivity contribution in [2.45, 2.75) is 13.5 Å². The summed E-state index contributed by atoms with van der Waals surface area (Å²) in [7, 11) is 0. The van der Waals surface area contributed by atoms with E-state index in [4.69, 9.17) is 11.6 Å². The van der Waals surface area contributed by atoms with Gasteiger partial charge in [-0.15, -0.1) is 0 Å². The summed E-state index contributed by atoms with van der Waals surface area (Å²) in [6.07, 6.45) is 1.64. The summed E-state index contributed by atoms with van der Waals surface area (Å²) in [4.78, 5) is 16.5. The number of pyridine rings is 1. The fourth-order valence-corrected chi connectivity index (χ4v) is 2.50. The summed E-state index contributed by atoms with van der Waals surface area (Å²) < 4.78 is 0. The van der Waals surface area contributed by atoms with Crippen LogP contribution in [0.3, 0.4) is 0 Å². The van der Waals surface area contributed by atoms with Crippen molar-refractivity contribution >= 4 is 28.9 Å². The standard InChI is InChI=1S/C20H18ClN3O/c1-14-4-2-3-5-15(14)12-23-20(25)19-11-10-18(13-22-19)24-17-8-6-16(21)7-9-17/h2-11,13,24H,12H2,1H3,(H,23,25). The lowest BCUT2D eigenvalue weighted by Gasteiger charge is -2.09. The van der Waals surface area contributed by atoms with Crippen LogP contribution in [-0.4, -0.2) is 10.9 Å². The van der Waals surface area contributed by atoms with Crippen LogP contribution in [0.5, 0.6) is 0 Å². The third-order valence-electron chi connectivity index (χ3n) is 3.83. The molecule has 2 aromatic carbocycles. The predicted molar refractivity (Wildman–Crippen MR) is 101 cm³/mol. The van der Waals surface area contributed by atoms with E-state index in [9.17, 15) is 4.79 Å². The molecule has 0 saturated heterocycles. The third-order valence-corrected chi connectivity index (χ3v) is 4.08. The molecule has 3 aromatic rings. The summed E-state index contributed by atoms with van der Waals surface area (Å²) >= 11 is 5.87. The number of hydrogen-bond donors (Lipinski definition) is 2. The highest BCUT2D eigenvalue weighted by Gasteiger charge is 2.07. The van der Waals surface area contributed by atoms with Crippen LogP contribution < -0.4 is 10.6 Å². The Morgan fingerprint density at radius 2 is 1.72 bits per heavy atom. The molecule has 0 bridgehead atoms. The van der Waals surface area contributed by atoms with E-state index in [0.717, 1.165) is 22.5 Å². The van der Waals surface area contributed by atoms with Crippen LogP contribution in [0.4, 0.5) is 11.4 Å². The highest BCUT2D eigenvalue weighted by molar-refractivity contribution is 6.30. The Labute approximate surface area is 151 Å². The number of rotatable bonds is 5. The molecule has 1 aromatic heterocycles. The molecule has 0 atom stereocenters. The molecule has 1 amide bonds. The van der Waals surface area contributed by atoms with Gasteiger partial charge in [-0.2, -0.15) is 0 Å². The van der Waals surface area contributed by atoms with Crippen molar-refractivity contribution in [3.8, 4) is 0 Å². The van der Waals surface area contributed by atoms with E-state index < -0.39 is 0 Å². The second kappa shape index (κ2) is 7.81. The molecular formula is C20H18ClN3O. The van der Waals surface area contributed by atoms with Crippen LogP contribution in [0.25, 0.3) is 0 Å². The van der Waals surface area contributed by atoms with Crippen LogP contribution in [0.1, 0.15) is 21.6 Å². The van der Waals surface area contributed by atoms with Gasteiger partial charge in [-0.25, -0.2) is 4.98 Å². The lowest BCUT2D eigenvalue weighted by Crippen LogP contribution is -2.24. The van der Waals surface area contributed by atoms with Gasteiger partial charge in [-0.3, -0.25) is 4.79 Å². The Hall–Kier alpha value is -2.85. The predicted octanol–water partition coefficient (Wildman–Crippen LogP) is 4.72. The molecule has 0 unspecified atom stereocenters. The monoisotopic (exact) mass is 351 g/mol. The van der Waals surface area contributed by atoms with Gasteiger partial charge in [0.1, 0.15) is 5.69 Å². The zero-order chi connectivity index (χ0) is 17.6. The van der Waals surface area contributed by atoms with Crippen molar-refractivity contribution in [2.24, 2.45) is 0 Å². The average molecular weight is 352 g/mol. The molecular weight excluding hydrogens is 334 g/mol. The minimum Gasteiger partial charge on any atom is -0.354 e. The quantitative estimate of drug-likeness (QED) is 0.699. The maximum Gasteiger partial charge on any atom is 0.270 e. The van der Waals surface area contributed by atoms with Gasteiger partial charge in [-0.1, -0.05) is 35.9 Å². The minimum atomic E-state index is -0.193. The normalized spacial score (nSPS) is 10.3. The first kappa shape index (κ1) is 17.0. The van der Waals surface area contributed by atoms with E-state index in [1.165, 1.54) is 0 Å². The first-order chi connectivity index (χ1) is 12.1. The van der Waals surface area contributed by atoms with Gasteiger partial charge in [-0.05, 0) is 54.4 Å². The maximum atomic E-state index is 12.2. The molecule has 0 aliphatic heterocycles. The zero-order valence-electron chi connectivity index (χ0n) is 13.8. The number of benzene rings is 2. The van der Waals surface area contributed by atoms with Crippen LogP contribution >= 0.6 is 11.6 Å². The SMILES string of the molecule is Cc1ccccc1CNC(=O)c1ccc(Nc2ccc(Cl)cc2)cn1. The van der Waals surface area contributed by atoms with Crippen molar-refractivity contribution in [1.82, 2.24) is 10.3 Å². The topological polar surface area (TPSA) is 54.0 Å². The number of aromatic nitrogens is 1. The number of anilines is 2. The van der Waals surface area contributed by atoms with E-state index in [1.807, 2.05) is 61.5 Å². The van der Waals surface area contributed by atoms with Crippen LogP contribution in [0.2, 0.25) is 5.02 Å². The summed E-state index contributed by atoms with van der Waals surface area (Å²) in [5.74, 6) is -0.193. The highest BCUT2D eigenvalue weighted by atomic mass is 35.5. The Balaban J connectivity index is 1.60. The van der Waals surface area contributed by atoms with Gasteiger partial charge in [0, 0.05) is 17.3 Å². The van der Waals surface area contributed by atoms with Gasteiger partial charge in [0.25, 0.3) is 5.91 Å². The zero-order valence-corrected chi connectivity index (χ0v) is 14.5. The molecule has 4 nitrogen and oxygen atoms in total. The number of carbonyl (C=O) groups excluding carboxylic acids is 1. The van der Waals surface area contributed by atoms with Gasteiger partial charge >= 0.3 is 0 Å². The van der Waals surface area contributed by atoms with Crippen molar-refractivity contribution in [3.63, 3.8) is 0 Å². The van der Waals surface area contributed by atoms with E-state index in [1.54, 1.807) is 12.3 Å². The number of carbonyl (C=O) groups is 1. The van der Waals surface area contributed by atoms with Gasteiger partial charge in [0.15, 0.2) is 0 Å². The molecule has 0 aliphatic rings. The lowest BCUT2D eigenvalue weighted by molar-refractivity contribution is 0.0946. The van der Waals surface area contributed by atoms with Crippen molar-refractivity contribution in [2.75, 3.05) is 5.32 Å². The van der Waals surface area contributed by atoms with Crippen LogP contribution in [0, 0.1) is 6.92 Å². The van der Waals surface area contributed by atoms with Crippen molar-refractivity contribution < 1.29 is 4.79 Å². The Morgan fingerprint density at radius 3 is 2.40 bits per heavy atom. The molecule has 0 fully saturated rings. The molecule has 0 spiro atoms. The number of nitrogens with one attached hydrogen (secondary N) is 2. The summed E-state index contributed by atoms with van der Waals surface area (Å²) in [5, 5.41) is 6.79. The molecule has 126 valence electrons. The van der Waals surface area contributed by atoms with Gasteiger partial charge in [0.2, 0.25) is 0 Å². The summed E-state index contributed by atoms with van der Waals surface area (Å²) in [6.45, 7) is 2.51. The van der Waals surface area contributed by atoms with E-state index >= 15 is 0 Å². The molecule has 3 rings (SSSR count). The van der Waals surface area contributed by atoms with Gasteiger partial charge < -0.3 is 10.6 Å². The lowest BCUT2D eigenvalue weighted by atomic mass is 10.1. The average Bonchev–Trinajstić information content (AvgIpc) is 2.63. The molecule has 1 heterocycles. The Kier molecular flexibility index (Phi) is 5.31. The van der Waals surface area contributed by atoms with Crippen LogP contribution in [0.15, 0.2) is 66.9 Å². The molecule has 0 radical (unpaired) electrons. The minimum absolute atomic E-state index is 0.193. The fraction of sp³-hybridized carbons (Fsp3) is 0.100. The molecule has 5 heteroatoms. The maximum absolute atomic E-state index is 12.2.